The number of nitrogens with zero attached hydrogens (tertiary/aromatic N) is 2. The van der Waals surface area contributed by atoms with Gasteiger partial charge in [-0.3, -0.25) is 15.0 Å². The van der Waals surface area contributed by atoms with Crippen molar-refractivity contribution in [3.63, 3.8) is 0 Å². The summed E-state index contributed by atoms with van der Waals surface area (Å²) in [5, 5.41) is 11.0. The predicted molar refractivity (Wildman–Crippen MR) is 73.7 cm³/mol. The van der Waals surface area contributed by atoms with Crippen molar-refractivity contribution in [2.45, 2.75) is 6.54 Å². The van der Waals surface area contributed by atoms with Gasteiger partial charge >= 0.3 is 5.69 Å². The van der Waals surface area contributed by atoms with Crippen LogP contribution >= 0.6 is 0 Å². The van der Waals surface area contributed by atoms with Gasteiger partial charge in [-0.25, -0.2) is 0 Å². The maximum absolute atomic E-state index is 11.0. The zero-order chi connectivity index (χ0) is 14.4. The molecule has 0 aliphatic carbocycles. The van der Waals surface area contributed by atoms with Crippen molar-refractivity contribution in [2.75, 3.05) is 39.5 Å². The summed E-state index contributed by atoms with van der Waals surface area (Å²) < 4.78 is 10.8. The molecular formula is C13H19N3O4. The quantitative estimate of drug-likeness (QED) is 0.611. The van der Waals surface area contributed by atoms with E-state index in [1.165, 1.54) is 6.07 Å². The van der Waals surface area contributed by atoms with Gasteiger partial charge in [0.2, 0.25) is 0 Å². The average molecular weight is 281 g/mol. The Hall–Kier alpha value is -1.70. The summed E-state index contributed by atoms with van der Waals surface area (Å²) in [6, 6.07) is 4.72. The van der Waals surface area contributed by atoms with Gasteiger partial charge in [-0.2, -0.15) is 0 Å². The number of benzene rings is 1. The SMILES string of the molecule is NCc1ccc([N+](=O)[O-])c(OCCN2CCOCC2)c1. The zero-order valence-electron chi connectivity index (χ0n) is 11.3. The number of hydrogen-bond acceptors (Lipinski definition) is 6. The van der Waals surface area contributed by atoms with Gasteiger partial charge in [0.1, 0.15) is 6.61 Å². The molecule has 0 bridgehead atoms. The third-order valence-electron chi connectivity index (χ3n) is 3.23. The molecule has 1 aromatic rings. The van der Waals surface area contributed by atoms with Crippen LogP contribution in [0.1, 0.15) is 5.56 Å². The summed E-state index contributed by atoms with van der Waals surface area (Å²) in [7, 11) is 0. The smallest absolute Gasteiger partial charge is 0.310 e. The Morgan fingerprint density at radius 1 is 1.40 bits per heavy atom. The van der Waals surface area contributed by atoms with Gasteiger partial charge in [0.05, 0.1) is 18.1 Å². The topological polar surface area (TPSA) is 90.9 Å². The predicted octanol–water partition coefficient (Wildman–Crippen LogP) is 0.764. The Morgan fingerprint density at radius 2 is 2.15 bits per heavy atom. The lowest BCUT2D eigenvalue weighted by Gasteiger charge is -2.26. The fourth-order valence-electron chi connectivity index (χ4n) is 2.06. The van der Waals surface area contributed by atoms with E-state index in [-0.39, 0.29) is 11.4 Å². The van der Waals surface area contributed by atoms with Crippen molar-refractivity contribution in [1.82, 2.24) is 4.90 Å². The lowest BCUT2D eigenvalue weighted by atomic mass is 10.2. The van der Waals surface area contributed by atoms with E-state index < -0.39 is 4.92 Å². The van der Waals surface area contributed by atoms with Crippen molar-refractivity contribution in [2.24, 2.45) is 5.73 Å². The Bertz CT molecular complexity index is 461. The Balaban J connectivity index is 1.94. The molecule has 0 radical (unpaired) electrons. The van der Waals surface area contributed by atoms with E-state index in [0.29, 0.717) is 13.2 Å². The number of hydrogen-bond donors (Lipinski definition) is 1. The molecule has 7 heteroatoms. The summed E-state index contributed by atoms with van der Waals surface area (Å²) in [6.07, 6.45) is 0. The van der Waals surface area contributed by atoms with Crippen LogP contribution < -0.4 is 10.5 Å². The number of rotatable bonds is 6. The molecule has 1 aromatic carbocycles. The minimum atomic E-state index is -0.440. The molecular weight excluding hydrogens is 262 g/mol. The molecule has 0 atom stereocenters. The highest BCUT2D eigenvalue weighted by Crippen LogP contribution is 2.27. The maximum Gasteiger partial charge on any atom is 0.310 e. The molecule has 1 saturated heterocycles. The van der Waals surface area contributed by atoms with E-state index in [2.05, 4.69) is 4.90 Å². The molecule has 0 aromatic heterocycles. The van der Waals surface area contributed by atoms with E-state index in [9.17, 15) is 10.1 Å². The second-order valence-electron chi connectivity index (χ2n) is 4.57. The normalized spacial score (nSPS) is 16.1. The monoisotopic (exact) mass is 281 g/mol. The van der Waals surface area contributed by atoms with Crippen LogP contribution in [-0.2, 0) is 11.3 Å². The van der Waals surface area contributed by atoms with Crippen LogP contribution in [0.3, 0.4) is 0 Å². The number of morpholine rings is 1. The number of nitrogens with two attached hydrogens (primary N) is 1. The molecule has 0 unspecified atom stereocenters. The summed E-state index contributed by atoms with van der Waals surface area (Å²) in [5.74, 6) is 0.284. The Labute approximate surface area is 117 Å². The molecule has 20 heavy (non-hydrogen) atoms. The van der Waals surface area contributed by atoms with Gasteiger partial charge in [-0.15, -0.1) is 0 Å². The van der Waals surface area contributed by atoms with Crippen molar-refractivity contribution in [3.8, 4) is 5.75 Å². The van der Waals surface area contributed by atoms with E-state index in [4.69, 9.17) is 15.2 Å². The Morgan fingerprint density at radius 3 is 2.80 bits per heavy atom. The maximum atomic E-state index is 11.0. The Kier molecular flexibility index (Phi) is 5.28. The summed E-state index contributed by atoms with van der Waals surface area (Å²) in [4.78, 5) is 12.7. The molecule has 0 saturated carbocycles. The highest BCUT2D eigenvalue weighted by atomic mass is 16.6. The molecule has 7 nitrogen and oxygen atoms in total. The standard InChI is InChI=1S/C13H19N3O4/c14-10-11-1-2-12(16(17)18)13(9-11)20-8-5-15-3-6-19-7-4-15/h1-2,9H,3-8,10,14H2. The third-order valence-corrected chi connectivity index (χ3v) is 3.23. The molecule has 2 N–H and O–H groups in total. The highest BCUT2D eigenvalue weighted by Gasteiger charge is 2.16. The van der Waals surface area contributed by atoms with E-state index in [1.807, 2.05) is 0 Å². The number of nitro benzene ring substituents is 1. The fourth-order valence-corrected chi connectivity index (χ4v) is 2.06. The van der Waals surface area contributed by atoms with Gasteiger partial charge in [0.15, 0.2) is 5.75 Å². The molecule has 2 rings (SSSR count). The van der Waals surface area contributed by atoms with E-state index in [0.717, 1.165) is 38.4 Å². The van der Waals surface area contributed by atoms with Crippen LogP contribution in [-0.4, -0.2) is 49.3 Å². The first-order valence-corrected chi connectivity index (χ1v) is 6.61. The van der Waals surface area contributed by atoms with Gasteiger partial charge < -0.3 is 15.2 Å². The zero-order valence-corrected chi connectivity index (χ0v) is 11.3. The van der Waals surface area contributed by atoms with Gasteiger partial charge in [-0.1, -0.05) is 6.07 Å². The fraction of sp³-hybridized carbons (Fsp3) is 0.538. The van der Waals surface area contributed by atoms with Gasteiger partial charge in [0, 0.05) is 32.2 Å². The minimum Gasteiger partial charge on any atom is -0.485 e. The summed E-state index contributed by atoms with van der Waals surface area (Å²) in [5.41, 5.74) is 6.34. The number of nitro groups is 1. The van der Waals surface area contributed by atoms with Crippen LogP contribution in [0.15, 0.2) is 18.2 Å². The van der Waals surface area contributed by atoms with E-state index >= 15 is 0 Å². The van der Waals surface area contributed by atoms with Crippen LogP contribution in [0.5, 0.6) is 5.75 Å². The van der Waals surface area contributed by atoms with Crippen molar-refractivity contribution in [3.05, 3.63) is 33.9 Å². The molecule has 0 spiro atoms. The lowest BCUT2D eigenvalue weighted by molar-refractivity contribution is -0.385. The van der Waals surface area contributed by atoms with Crippen molar-refractivity contribution < 1.29 is 14.4 Å². The molecule has 1 heterocycles. The highest BCUT2D eigenvalue weighted by molar-refractivity contribution is 5.48. The summed E-state index contributed by atoms with van der Waals surface area (Å²) in [6.45, 7) is 4.66. The van der Waals surface area contributed by atoms with Gasteiger partial charge in [0.25, 0.3) is 0 Å². The van der Waals surface area contributed by atoms with Crippen LogP contribution in [0, 0.1) is 10.1 Å². The van der Waals surface area contributed by atoms with Crippen LogP contribution in [0.4, 0.5) is 5.69 Å². The summed E-state index contributed by atoms with van der Waals surface area (Å²) >= 11 is 0. The second kappa shape index (κ2) is 7.18. The van der Waals surface area contributed by atoms with Crippen molar-refractivity contribution >= 4 is 5.69 Å². The first-order chi connectivity index (χ1) is 9.70. The van der Waals surface area contributed by atoms with Crippen molar-refractivity contribution in [1.29, 1.82) is 0 Å². The van der Waals surface area contributed by atoms with Crippen LogP contribution in [0.25, 0.3) is 0 Å². The second-order valence-corrected chi connectivity index (χ2v) is 4.57. The first-order valence-electron chi connectivity index (χ1n) is 6.61. The molecule has 1 aliphatic rings. The third kappa shape index (κ3) is 3.89. The number of ether oxygens (including phenoxy) is 2. The largest absolute Gasteiger partial charge is 0.485 e. The molecule has 1 fully saturated rings. The first kappa shape index (κ1) is 14.7. The minimum absolute atomic E-state index is 0.0239. The van der Waals surface area contributed by atoms with Gasteiger partial charge in [-0.05, 0) is 11.6 Å². The molecule has 0 amide bonds. The lowest BCUT2D eigenvalue weighted by Crippen LogP contribution is -2.38. The molecule has 1 aliphatic heterocycles. The van der Waals surface area contributed by atoms with E-state index in [1.54, 1.807) is 12.1 Å². The molecule has 110 valence electrons. The van der Waals surface area contributed by atoms with Crippen LogP contribution in [0.2, 0.25) is 0 Å². The average Bonchev–Trinajstić information content (AvgIpc) is 2.48.